The summed E-state index contributed by atoms with van der Waals surface area (Å²) < 4.78 is 16.1. The van der Waals surface area contributed by atoms with E-state index in [0.29, 0.717) is 18.3 Å². The maximum absolute atomic E-state index is 6.03. The Kier molecular flexibility index (Phi) is 4.90. The number of rotatable bonds is 6. The molecular weight excluding hydrogens is 246 g/mol. The number of ether oxygens (including phenoxy) is 2. The summed E-state index contributed by atoms with van der Waals surface area (Å²) in [5, 5.41) is 4.04. The fourth-order valence-electron chi connectivity index (χ4n) is 2.28. The van der Waals surface area contributed by atoms with Crippen LogP contribution in [0.2, 0.25) is 0 Å². The van der Waals surface area contributed by atoms with Crippen LogP contribution in [0.5, 0.6) is 0 Å². The standard InChI is InChI=1S/C13H23N3O3/c1-13(7-3-4-9-18-13)12-15-11(19-16-12)10(14)6-5-8-17-2/h10H,3-9,14H2,1-2H3. The Labute approximate surface area is 113 Å². The van der Waals surface area contributed by atoms with Crippen LogP contribution < -0.4 is 5.73 Å². The lowest BCUT2D eigenvalue weighted by molar-refractivity contribution is -0.0770. The zero-order valence-corrected chi connectivity index (χ0v) is 11.7. The van der Waals surface area contributed by atoms with Gasteiger partial charge in [0, 0.05) is 20.3 Å². The normalized spacial score (nSPS) is 25.4. The summed E-state index contributed by atoms with van der Waals surface area (Å²) in [4.78, 5) is 4.42. The SMILES string of the molecule is COCCCC(N)c1nc(C2(C)CCCCO2)no1. The summed E-state index contributed by atoms with van der Waals surface area (Å²) in [7, 11) is 1.68. The van der Waals surface area contributed by atoms with Gasteiger partial charge in [0.15, 0.2) is 0 Å². The molecule has 0 aliphatic carbocycles. The smallest absolute Gasteiger partial charge is 0.243 e. The molecule has 0 bridgehead atoms. The Morgan fingerprint density at radius 2 is 2.32 bits per heavy atom. The molecule has 1 aliphatic heterocycles. The highest BCUT2D eigenvalue weighted by atomic mass is 16.5. The Morgan fingerprint density at radius 3 is 3.00 bits per heavy atom. The summed E-state index contributed by atoms with van der Waals surface area (Å²) in [5.74, 6) is 1.10. The van der Waals surface area contributed by atoms with Crippen molar-refractivity contribution in [3.8, 4) is 0 Å². The van der Waals surface area contributed by atoms with E-state index in [9.17, 15) is 0 Å². The summed E-state index contributed by atoms with van der Waals surface area (Å²) in [6.07, 6.45) is 4.79. The second-order valence-corrected chi connectivity index (χ2v) is 5.23. The number of methoxy groups -OCH3 is 1. The maximum Gasteiger partial charge on any atom is 0.243 e. The molecule has 2 atom stereocenters. The van der Waals surface area contributed by atoms with Gasteiger partial charge in [0.25, 0.3) is 0 Å². The molecule has 1 aliphatic rings. The van der Waals surface area contributed by atoms with E-state index in [0.717, 1.165) is 38.7 Å². The van der Waals surface area contributed by atoms with Gasteiger partial charge in [-0.25, -0.2) is 0 Å². The molecular formula is C13H23N3O3. The molecule has 2 heterocycles. The van der Waals surface area contributed by atoms with E-state index in [1.165, 1.54) is 0 Å². The molecule has 0 spiro atoms. The van der Waals surface area contributed by atoms with Crippen molar-refractivity contribution < 1.29 is 14.0 Å². The van der Waals surface area contributed by atoms with E-state index in [2.05, 4.69) is 10.1 Å². The molecule has 108 valence electrons. The Balaban J connectivity index is 1.97. The zero-order valence-electron chi connectivity index (χ0n) is 11.7. The largest absolute Gasteiger partial charge is 0.385 e. The molecule has 1 aromatic rings. The first kappa shape index (κ1) is 14.4. The van der Waals surface area contributed by atoms with Gasteiger partial charge < -0.3 is 19.7 Å². The van der Waals surface area contributed by atoms with Crippen LogP contribution in [0.15, 0.2) is 4.52 Å². The van der Waals surface area contributed by atoms with E-state index < -0.39 is 5.60 Å². The lowest BCUT2D eigenvalue weighted by Gasteiger charge is -2.30. The van der Waals surface area contributed by atoms with Crippen molar-refractivity contribution in [1.29, 1.82) is 0 Å². The third kappa shape index (κ3) is 3.52. The van der Waals surface area contributed by atoms with E-state index >= 15 is 0 Å². The fraction of sp³-hybridized carbons (Fsp3) is 0.846. The summed E-state index contributed by atoms with van der Waals surface area (Å²) in [6, 6.07) is -0.233. The highest BCUT2D eigenvalue weighted by Gasteiger charge is 2.35. The average Bonchev–Trinajstić information content (AvgIpc) is 2.90. The lowest BCUT2D eigenvalue weighted by atomic mass is 9.95. The molecule has 1 fully saturated rings. The first-order chi connectivity index (χ1) is 9.15. The molecule has 1 aromatic heterocycles. The van der Waals surface area contributed by atoms with E-state index in [1.54, 1.807) is 7.11 Å². The molecule has 2 rings (SSSR count). The number of nitrogens with zero attached hydrogens (tertiary/aromatic N) is 2. The third-order valence-electron chi connectivity index (χ3n) is 3.56. The van der Waals surface area contributed by atoms with Crippen LogP contribution in [0.25, 0.3) is 0 Å². The van der Waals surface area contributed by atoms with Crippen molar-refractivity contribution in [2.45, 2.75) is 50.7 Å². The van der Waals surface area contributed by atoms with Crippen molar-refractivity contribution in [3.63, 3.8) is 0 Å². The van der Waals surface area contributed by atoms with Crippen LogP contribution in [0.1, 0.15) is 56.8 Å². The van der Waals surface area contributed by atoms with Gasteiger partial charge in [0.2, 0.25) is 11.7 Å². The van der Waals surface area contributed by atoms with Crippen molar-refractivity contribution in [2.24, 2.45) is 5.73 Å². The predicted octanol–water partition coefficient (Wildman–Crippen LogP) is 1.91. The minimum Gasteiger partial charge on any atom is -0.385 e. The van der Waals surface area contributed by atoms with E-state index in [4.69, 9.17) is 19.7 Å². The molecule has 19 heavy (non-hydrogen) atoms. The first-order valence-electron chi connectivity index (χ1n) is 6.88. The van der Waals surface area contributed by atoms with Crippen molar-refractivity contribution in [2.75, 3.05) is 20.3 Å². The number of nitrogens with two attached hydrogens (primary N) is 1. The van der Waals surface area contributed by atoms with Crippen LogP contribution in [0.4, 0.5) is 0 Å². The van der Waals surface area contributed by atoms with E-state index in [1.807, 2.05) is 6.92 Å². The summed E-state index contributed by atoms with van der Waals surface area (Å²) >= 11 is 0. The minimum absolute atomic E-state index is 0.233. The van der Waals surface area contributed by atoms with Crippen molar-refractivity contribution >= 4 is 0 Å². The topological polar surface area (TPSA) is 83.4 Å². The van der Waals surface area contributed by atoms with Crippen LogP contribution in [-0.4, -0.2) is 30.5 Å². The monoisotopic (exact) mass is 269 g/mol. The predicted molar refractivity (Wildman–Crippen MR) is 69.5 cm³/mol. The van der Waals surface area contributed by atoms with E-state index in [-0.39, 0.29) is 6.04 Å². The zero-order chi connectivity index (χ0) is 13.7. The summed E-state index contributed by atoms with van der Waals surface area (Å²) in [5.41, 5.74) is 5.60. The van der Waals surface area contributed by atoms with Gasteiger partial charge in [-0.3, -0.25) is 0 Å². The van der Waals surface area contributed by atoms with Crippen LogP contribution >= 0.6 is 0 Å². The molecule has 6 heteroatoms. The second-order valence-electron chi connectivity index (χ2n) is 5.23. The quantitative estimate of drug-likeness (QED) is 0.794. The van der Waals surface area contributed by atoms with Crippen molar-refractivity contribution in [3.05, 3.63) is 11.7 Å². The molecule has 2 N–H and O–H groups in total. The molecule has 6 nitrogen and oxygen atoms in total. The van der Waals surface area contributed by atoms with Crippen LogP contribution in [0.3, 0.4) is 0 Å². The molecule has 0 amide bonds. The Bertz CT molecular complexity index is 388. The third-order valence-corrected chi connectivity index (χ3v) is 3.56. The number of hydrogen-bond donors (Lipinski definition) is 1. The van der Waals surface area contributed by atoms with Gasteiger partial charge in [-0.05, 0) is 39.0 Å². The molecule has 0 radical (unpaired) electrons. The Hall–Kier alpha value is -0.980. The first-order valence-corrected chi connectivity index (χ1v) is 6.88. The average molecular weight is 269 g/mol. The molecule has 1 saturated heterocycles. The van der Waals surface area contributed by atoms with Crippen LogP contribution in [-0.2, 0) is 15.1 Å². The lowest BCUT2D eigenvalue weighted by Crippen LogP contribution is -2.31. The van der Waals surface area contributed by atoms with Crippen molar-refractivity contribution in [1.82, 2.24) is 10.1 Å². The van der Waals surface area contributed by atoms with Gasteiger partial charge in [-0.1, -0.05) is 5.16 Å². The highest BCUT2D eigenvalue weighted by molar-refractivity contribution is 5.02. The van der Waals surface area contributed by atoms with Gasteiger partial charge in [0.05, 0.1) is 6.04 Å². The highest BCUT2D eigenvalue weighted by Crippen LogP contribution is 2.33. The van der Waals surface area contributed by atoms with Gasteiger partial charge in [-0.2, -0.15) is 4.98 Å². The number of aromatic nitrogens is 2. The minimum atomic E-state index is -0.424. The van der Waals surface area contributed by atoms with Crippen LogP contribution in [0, 0.1) is 0 Å². The summed E-state index contributed by atoms with van der Waals surface area (Å²) in [6.45, 7) is 3.45. The number of hydrogen-bond acceptors (Lipinski definition) is 6. The van der Waals surface area contributed by atoms with Gasteiger partial charge >= 0.3 is 0 Å². The maximum atomic E-state index is 6.03. The molecule has 2 unspecified atom stereocenters. The second kappa shape index (κ2) is 6.45. The fourth-order valence-corrected chi connectivity index (χ4v) is 2.28. The van der Waals surface area contributed by atoms with Gasteiger partial charge in [0.1, 0.15) is 5.60 Å². The van der Waals surface area contributed by atoms with Gasteiger partial charge in [-0.15, -0.1) is 0 Å². The molecule has 0 saturated carbocycles. The Morgan fingerprint density at radius 1 is 1.47 bits per heavy atom. The molecule has 0 aromatic carbocycles.